The van der Waals surface area contributed by atoms with Gasteiger partial charge >= 0.3 is 6.03 Å². The van der Waals surface area contributed by atoms with Crippen LogP contribution in [0.4, 0.5) is 10.5 Å². The summed E-state index contributed by atoms with van der Waals surface area (Å²) in [5.74, 6) is 0.880. The first kappa shape index (κ1) is 25.1. The minimum Gasteiger partial charge on any atom is -0.491 e. The number of carbonyl (C=O) groups is 2. The fraction of sp³-hybridized carbons (Fsp3) is 0.333. The Hall–Kier alpha value is -3.03. The van der Waals surface area contributed by atoms with E-state index in [4.69, 9.17) is 16.3 Å². The number of hydrogen-bond donors (Lipinski definition) is 1. The van der Waals surface area contributed by atoms with Crippen molar-refractivity contribution >= 4 is 40.6 Å². The van der Waals surface area contributed by atoms with Gasteiger partial charge in [-0.25, -0.2) is 4.79 Å². The van der Waals surface area contributed by atoms with Crippen molar-refractivity contribution in [2.75, 3.05) is 31.6 Å². The van der Waals surface area contributed by atoms with E-state index in [0.717, 1.165) is 17.7 Å². The van der Waals surface area contributed by atoms with Crippen LogP contribution in [-0.2, 0) is 11.2 Å². The molecule has 3 aromatic rings. The van der Waals surface area contributed by atoms with E-state index in [1.165, 1.54) is 4.88 Å². The highest BCUT2D eigenvalue weighted by molar-refractivity contribution is 7.10. The molecule has 8 heteroatoms. The van der Waals surface area contributed by atoms with Crippen LogP contribution in [0, 0.1) is 5.92 Å². The molecule has 0 unspecified atom stereocenters. The number of rotatable bonds is 8. The van der Waals surface area contributed by atoms with Crippen LogP contribution in [-0.4, -0.2) is 48.0 Å². The van der Waals surface area contributed by atoms with Crippen LogP contribution in [0.5, 0.6) is 5.75 Å². The average molecular weight is 512 g/mol. The second kappa shape index (κ2) is 11.6. The Kier molecular flexibility index (Phi) is 8.31. The number of benzene rings is 2. The Morgan fingerprint density at radius 3 is 2.71 bits per heavy atom. The van der Waals surface area contributed by atoms with E-state index in [1.807, 2.05) is 49.1 Å². The first-order valence-electron chi connectivity index (χ1n) is 11.8. The normalized spacial score (nSPS) is 15.0. The molecule has 2 aromatic carbocycles. The third kappa shape index (κ3) is 6.55. The monoisotopic (exact) mass is 511 g/mol. The number of ether oxygens (including phenoxy) is 1. The number of amides is 3. The van der Waals surface area contributed by atoms with Gasteiger partial charge in [0.15, 0.2) is 0 Å². The van der Waals surface area contributed by atoms with Crippen LogP contribution in [0.3, 0.4) is 0 Å². The number of fused-ring (bicyclic) bond motifs is 1. The zero-order valence-electron chi connectivity index (χ0n) is 19.9. The molecule has 1 aliphatic rings. The van der Waals surface area contributed by atoms with Crippen molar-refractivity contribution < 1.29 is 14.3 Å². The van der Waals surface area contributed by atoms with Gasteiger partial charge in [-0.3, -0.25) is 4.79 Å². The molecule has 0 bridgehead atoms. The summed E-state index contributed by atoms with van der Waals surface area (Å²) in [5, 5.41) is 5.48. The van der Waals surface area contributed by atoms with E-state index in [-0.39, 0.29) is 30.4 Å². The topological polar surface area (TPSA) is 61.9 Å². The van der Waals surface area contributed by atoms with E-state index >= 15 is 0 Å². The van der Waals surface area contributed by atoms with Gasteiger partial charge in [-0.2, -0.15) is 0 Å². The molecule has 0 spiro atoms. The van der Waals surface area contributed by atoms with Gasteiger partial charge in [0.25, 0.3) is 0 Å². The summed E-state index contributed by atoms with van der Waals surface area (Å²) in [6.45, 7) is 5.46. The summed E-state index contributed by atoms with van der Waals surface area (Å²) in [7, 11) is 0. The quantitative estimate of drug-likeness (QED) is 0.397. The number of urea groups is 1. The molecule has 2 heterocycles. The van der Waals surface area contributed by atoms with E-state index < -0.39 is 0 Å². The maximum atomic E-state index is 13.6. The third-order valence-corrected chi connectivity index (χ3v) is 7.07. The Morgan fingerprint density at radius 1 is 1.17 bits per heavy atom. The van der Waals surface area contributed by atoms with Gasteiger partial charge in [0, 0.05) is 28.7 Å². The van der Waals surface area contributed by atoms with Gasteiger partial charge in [0.05, 0.1) is 6.04 Å². The molecule has 35 heavy (non-hydrogen) atoms. The molecule has 1 atom stereocenters. The number of anilines is 1. The Morgan fingerprint density at radius 2 is 1.97 bits per heavy atom. The van der Waals surface area contributed by atoms with Crippen LogP contribution in [0.15, 0.2) is 66.0 Å². The first-order valence-corrected chi connectivity index (χ1v) is 13.0. The molecule has 0 radical (unpaired) electrons. The van der Waals surface area contributed by atoms with Gasteiger partial charge < -0.3 is 19.9 Å². The third-order valence-electron chi connectivity index (χ3n) is 5.84. The Labute approximate surface area is 215 Å². The summed E-state index contributed by atoms with van der Waals surface area (Å²) in [6, 6.07) is 18.2. The molecular formula is C27H30ClN3O3S. The van der Waals surface area contributed by atoms with Crippen LogP contribution >= 0.6 is 22.9 Å². The van der Waals surface area contributed by atoms with Crippen LogP contribution in [0.2, 0.25) is 5.02 Å². The minimum atomic E-state index is -0.320. The van der Waals surface area contributed by atoms with Crippen LogP contribution in [0.25, 0.3) is 0 Å². The molecule has 1 N–H and O–H groups in total. The van der Waals surface area contributed by atoms with Crippen molar-refractivity contribution in [3.05, 3.63) is 81.5 Å². The minimum absolute atomic E-state index is 0.00805. The smallest absolute Gasteiger partial charge is 0.322 e. The fourth-order valence-electron chi connectivity index (χ4n) is 4.25. The predicted molar refractivity (Wildman–Crippen MR) is 141 cm³/mol. The lowest BCUT2D eigenvalue weighted by atomic mass is 10.0. The van der Waals surface area contributed by atoms with Crippen molar-refractivity contribution in [3.8, 4) is 5.75 Å². The fourth-order valence-corrected chi connectivity index (χ4v) is 5.37. The summed E-state index contributed by atoms with van der Waals surface area (Å²) >= 11 is 7.78. The molecule has 184 valence electrons. The molecule has 6 nitrogen and oxygen atoms in total. The summed E-state index contributed by atoms with van der Waals surface area (Å²) in [4.78, 5) is 31.4. The molecule has 0 aliphatic carbocycles. The number of carbonyl (C=O) groups excluding carboxylic acids is 2. The van der Waals surface area contributed by atoms with Crippen molar-refractivity contribution in [3.63, 3.8) is 0 Å². The molecule has 3 amide bonds. The first-order chi connectivity index (χ1) is 16.9. The maximum absolute atomic E-state index is 13.6. The average Bonchev–Trinajstić information content (AvgIpc) is 3.31. The highest BCUT2D eigenvalue weighted by Gasteiger charge is 2.33. The lowest BCUT2D eigenvalue weighted by molar-refractivity contribution is -0.135. The number of nitrogens with zero attached hydrogens (tertiary/aromatic N) is 2. The lowest BCUT2D eigenvalue weighted by Crippen LogP contribution is -2.49. The molecule has 1 aromatic heterocycles. The second-order valence-electron chi connectivity index (χ2n) is 8.99. The van der Waals surface area contributed by atoms with Gasteiger partial charge in [0.1, 0.15) is 18.9 Å². The molecule has 1 aliphatic heterocycles. The molecule has 4 rings (SSSR count). The maximum Gasteiger partial charge on any atom is 0.322 e. The molecule has 0 saturated heterocycles. The van der Waals surface area contributed by atoms with Crippen molar-refractivity contribution in [2.45, 2.75) is 26.3 Å². The van der Waals surface area contributed by atoms with Gasteiger partial charge in [0.2, 0.25) is 5.91 Å². The number of halogens is 1. The lowest BCUT2D eigenvalue weighted by Gasteiger charge is -2.37. The van der Waals surface area contributed by atoms with E-state index in [0.29, 0.717) is 30.4 Å². The zero-order valence-corrected chi connectivity index (χ0v) is 21.5. The molecule has 0 saturated carbocycles. The highest BCUT2D eigenvalue weighted by atomic mass is 35.5. The second-order valence-corrected chi connectivity index (χ2v) is 10.4. The Bertz CT molecular complexity index is 1150. The van der Waals surface area contributed by atoms with Gasteiger partial charge in [-0.05, 0) is 59.7 Å². The molecule has 0 fully saturated rings. The highest BCUT2D eigenvalue weighted by Crippen LogP contribution is 2.34. The van der Waals surface area contributed by atoms with E-state index in [1.54, 1.807) is 40.5 Å². The summed E-state index contributed by atoms with van der Waals surface area (Å²) < 4.78 is 6.06. The number of para-hydroxylation sites is 1. The largest absolute Gasteiger partial charge is 0.491 e. The Balaban J connectivity index is 1.49. The van der Waals surface area contributed by atoms with Crippen LogP contribution < -0.4 is 10.1 Å². The van der Waals surface area contributed by atoms with Crippen molar-refractivity contribution in [1.29, 1.82) is 0 Å². The van der Waals surface area contributed by atoms with E-state index in [9.17, 15) is 9.59 Å². The SMILES string of the molecule is CC(C)CN(CC(=O)N1CCc2sccc2[C@@H]1COc1ccccc1)C(=O)Nc1cccc(Cl)c1. The zero-order chi connectivity index (χ0) is 24.8. The van der Waals surface area contributed by atoms with E-state index in [2.05, 4.69) is 16.8 Å². The van der Waals surface area contributed by atoms with Crippen LogP contribution in [0.1, 0.15) is 30.3 Å². The summed E-state index contributed by atoms with van der Waals surface area (Å²) in [5.41, 5.74) is 1.73. The summed E-state index contributed by atoms with van der Waals surface area (Å²) in [6.07, 6.45) is 0.805. The number of thiophene rings is 1. The van der Waals surface area contributed by atoms with Crippen molar-refractivity contribution in [2.24, 2.45) is 5.92 Å². The van der Waals surface area contributed by atoms with Gasteiger partial charge in [-0.15, -0.1) is 11.3 Å². The predicted octanol–water partition coefficient (Wildman–Crippen LogP) is 6.10. The number of hydrogen-bond acceptors (Lipinski definition) is 4. The molecular weight excluding hydrogens is 482 g/mol. The standard InChI is InChI=1S/C27H30ClN3O3S/c1-19(2)16-30(27(33)29-21-8-6-7-20(28)15-21)17-26(32)31-13-11-25-23(12-14-35-25)24(31)18-34-22-9-4-3-5-10-22/h3-10,12,14-15,19,24H,11,13,16-18H2,1-2H3,(H,29,33)/t24-/m0/s1. The van der Waals surface area contributed by atoms with Crippen molar-refractivity contribution in [1.82, 2.24) is 9.80 Å². The number of nitrogens with one attached hydrogen (secondary N) is 1. The van der Waals surface area contributed by atoms with Gasteiger partial charge in [-0.1, -0.05) is 49.7 Å².